The second kappa shape index (κ2) is 4.17. The average molecular weight is 173 g/mol. The van der Waals surface area contributed by atoms with Crippen LogP contribution in [0.1, 0.15) is 5.69 Å². The van der Waals surface area contributed by atoms with Crippen molar-refractivity contribution < 1.29 is 12.9 Å². The van der Waals surface area contributed by atoms with Gasteiger partial charge in [-0.25, -0.2) is 0 Å². The maximum atomic E-state index is 10.0. The van der Waals surface area contributed by atoms with E-state index in [9.17, 15) is 4.21 Å². The number of pyridine rings is 1. The Morgan fingerprint density at radius 2 is 2.45 bits per heavy atom. The van der Waals surface area contributed by atoms with Crippen molar-refractivity contribution >= 4 is 11.4 Å². The molecule has 1 rings (SSSR count). The molecule has 0 saturated carbocycles. The molecule has 0 radical (unpaired) electrons. The minimum atomic E-state index is -2.21. The zero-order valence-electron chi connectivity index (χ0n) is 5.64. The van der Waals surface area contributed by atoms with Crippen LogP contribution >= 0.6 is 0 Å². The summed E-state index contributed by atoms with van der Waals surface area (Å²) in [6.45, 7) is 0.0595. The lowest BCUT2D eigenvalue weighted by Crippen LogP contribution is -1.97. The van der Waals surface area contributed by atoms with Gasteiger partial charge in [0.2, 0.25) is 0 Å². The highest BCUT2D eigenvalue weighted by atomic mass is 32.2. The van der Waals surface area contributed by atoms with Crippen LogP contribution in [-0.4, -0.2) is 13.7 Å². The van der Waals surface area contributed by atoms with Crippen molar-refractivity contribution in [2.24, 2.45) is 0 Å². The monoisotopic (exact) mass is 173 g/mol. The molecule has 0 aliphatic heterocycles. The second-order valence-corrected chi connectivity index (χ2v) is 2.47. The Morgan fingerprint density at radius 1 is 1.64 bits per heavy atom. The Bertz CT molecular complexity index is 239. The van der Waals surface area contributed by atoms with Crippen LogP contribution in [0, 0.1) is 0 Å². The summed E-state index contributed by atoms with van der Waals surface area (Å²) in [7, 11) is 0. The Balaban J connectivity index is 2.45. The molecule has 4 nitrogen and oxygen atoms in total. The standard InChI is InChI=1S/C6H7NO3S/c8-11(9)10-5-6-3-1-2-4-7-6/h1-4H,5H2,(H,8,9). The van der Waals surface area contributed by atoms with E-state index in [1.165, 1.54) is 0 Å². The number of nitrogens with zero attached hydrogens (tertiary/aromatic N) is 1. The fraction of sp³-hybridized carbons (Fsp3) is 0.167. The van der Waals surface area contributed by atoms with Gasteiger partial charge in [0.25, 0.3) is 0 Å². The van der Waals surface area contributed by atoms with Gasteiger partial charge in [0.15, 0.2) is 0 Å². The van der Waals surface area contributed by atoms with Gasteiger partial charge in [-0.1, -0.05) is 6.07 Å². The number of aromatic nitrogens is 1. The van der Waals surface area contributed by atoms with E-state index in [0.717, 1.165) is 0 Å². The van der Waals surface area contributed by atoms with E-state index in [0.29, 0.717) is 5.69 Å². The summed E-state index contributed by atoms with van der Waals surface area (Å²) in [6, 6.07) is 5.26. The summed E-state index contributed by atoms with van der Waals surface area (Å²) >= 11 is -2.21. The predicted octanol–water partition coefficient (Wildman–Crippen LogP) is 0.735. The lowest BCUT2D eigenvalue weighted by atomic mass is 10.4. The molecule has 5 heteroatoms. The van der Waals surface area contributed by atoms with Gasteiger partial charge in [0.1, 0.15) is 6.61 Å². The highest BCUT2D eigenvalue weighted by Gasteiger charge is 1.95. The third-order valence-corrected chi connectivity index (χ3v) is 1.35. The maximum Gasteiger partial charge on any atom is 0.302 e. The summed E-state index contributed by atoms with van der Waals surface area (Å²) in [6.07, 6.45) is 1.60. The Hall–Kier alpha value is -0.780. The molecule has 1 unspecified atom stereocenters. The van der Waals surface area contributed by atoms with Crippen LogP contribution in [0.2, 0.25) is 0 Å². The Labute approximate surface area is 66.7 Å². The molecule has 1 aromatic heterocycles. The van der Waals surface area contributed by atoms with E-state index in [1.54, 1.807) is 24.4 Å². The fourth-order valence-corrected chi connectivity index (χ4v) is 0.816. The van der Waals surface area contributed by atoms with Crippen LogP contribution in [0.25, 0.3) is 0 Å². The van der Waals surface area contributed by atoms with Crippen molar-refractivity contribution in [2.45, 2.75) is 6.61 Å². The molecule has 1 aromatic rings. The predicted molar refractivity (Wildman–Crippen MR) is 39.8 cm³/mol. The molecule has 0 spiro atoms. The molecule has 11 heavy (non-hydrogen) atoms. The molecule has 0 bridgehead atoms. The van der Waals surface area contributed by atoms with Crippen LogP contribution in [0.5, 0.6) is 0 Å². The molecule has 1 heterocycles. The first-order valence-corrected chi connectivity index (χ1v) is 3.96. The Kier molecular flexibility index (Phi) is 3.15. The Morgan fingerprint density at radius 3 is 3.00 bits per heavy atom. The molecule has 0 aliphatic rings. The topological polar surface area (TPSA) is 59.4 Å². The zero-order valence-corrected chi connectivity index (χ0v) is 6.45. The molecule has 0 fully saturated rings. The van der Waals surface area contributed by atoms with Gasteiger partial charge in [0, 0.05) is 6.20 Å². The molecular weight excluding hydrogens is 166 g/mol. The summed E-state index contributed by atoms with van der Waals surface area (Å²) in [5.74, 6) is 0. The van der Waals surface area contributed by atoms with Crippen LogP contribution in [-0.2, 0) is 22.2 Å². The zero-order chi connectivity index (χ0) is 8.10. The SMILES string of the molecule is O=S(O)OCc1ccccn1. The summed E-state index contributed by atoms with van der Waals surface area (Å²) in [5.41, 5.74) is 0.634. The molecular formula is C6H7NO3S. The van der Waals surface area contributed by atoms with E-state index < -0.39 is 11.4 Å². The normalized spacial score (nSPS) is 12.8. The molecule has 0 saturated heterocycles. The van der Waals surface area contributed by atoms with Crippen molar-refractivity contribution in [3.8, 4) is 0 Å². The van der Waals surface area contributed by atoms with Gasteiger partial charge in [-0.15, -0.1) is 0 Å². The van der Waals surface area contributed by atoms with Crippen LogP contribution in [0.15, 0.2) is 24.4 Å². The second-order valence-electron chi connectivity index (χ2n) is 1.80. The van der Waals surface area contributed by atoms with E-state index in [4.69, 9.17) is 4.55 Å². The summed E-state index contributed by atoms with van der Waals surface area (Å²) < 4.78 is 22.7. The first-order chi connectivity index (χ1) is 5.29. The van der Waals surface area contributed by atoms with Crippen LogP contribution in [0.3, 0.4) is 0 Å². The first-order valence-electron chi connectivity index (χ1n) is 2.93. The molecule has 0 aliphatic carbocycles. The minimum Gasteiger partial charge on any atom is -0.284 e. The van der Waals surface area contributed by atoms with E-state index >= 15 is 0 Å². The van der Waals surface area contributed by atoms with Gasteiger partial charge >= 0.3 is 11.4 Å². The number of hydrogen-bond donors (Lipinski definition) is 1. The van der Waals surface area contributed by atoms with Gasteiger partial charge in [-0.05, 0) is 12.1 Å². The molecule has 0 aromatic carbocycles. The largest absolute Gasteiger partial charge is 0.302 e. The van der Waals surface area contributed by atoms with Gasteiger partial charge in [-0.3, -0.25) is 13.7 Å². The fourth-order valence-electron chi connectivity index (χ4n) is 0.594. The number of rotatable bonds is 3. The maximum absolute atomic E-state index is 10.0. The average Bonchev–Trinajstić information content (AvgIpc) is 2.03. The molecule has 1 atom stereocenters. The lowest BCUT2D eigenvalue weighted by molar-refractivity contribution is 0.293. The van der Waals surface area contributed by atoms with Gasteiger partial charge < -0.3 is 0 Å². The van der Waals surface area contributed by atoms with Crippen LogP contribution in [0.4, 0.5) is 0 Å². The minimum absolute atomic E-state index is 0.0595. The van der Waals surface area contributed by atoms with Gasteiger partial charge in [0.05, 0.1) is 5.69 Å². The first kappa shape index (κ1) is 8.32. The van der Waals surface area contributed by atoms with E-state index in [2.05, 4.69) is 9.17 Å². The highest BCUT2D eigenvalue weighted by Crippen LogP contribution is 1.96. The quantitative estimate of drug-likeness (QED) is 0.685. The lowest BCUT2D eigenvalue weighted by Gasteiger charge is -1.96. The van der Waals surface area contributed by atoms with Crippen molar-refractivity contribution in [2.75, 3.05) is 0 Å². The van der Waals surface area contributed by atoms with Crippen molar-refractivity contribution in [3.63, 3.8) is 0 Å². The van der Waals surface area contributed by atoms with E-state index in [-0.39, 0.29) is 6.61 Å². The summed E-state index contributed by atoms with van der Waals surface area (Å²) in [4.78, 5) is 3.88. The molecule has 60 valence electrons. The molecule has 0 amide bonds. The highest BCUT2D eigenvalue weighted by molar-refractivity contribution is 7.74. The van der Waals surface area contributed by atoms with E-state index in [1.807, 2.05) is 0 Å². The van der Waals surface area contributed by atoms with Crippen molar-refractivity contribution in [3.05, 3.63) is 30.1 Å². The summed E-state index contributed by atoms with van der Waals surface area (Å²) in [5, 5.41) is 0. The molecule has 1 N–H and O–H groups in total. The van der Waals surface area contributed by atoms with Crippen molar-refractivity contribution in [1.29, 1.82) is 0 Å². The van der Waals surface area contributed by atoms with Gasteiger partial charge in [-0.2, -0.15) is 4.21 Å². The smallest absolute Gasteiger partial charge is 0.284 e. The number of hydrogen-bond acceptors (Lipinski definition) is 3. The van der Waals surface area contributed by atoms with Crippen molar-refractivity contribution in [1.82, 2.24) is 4.98 Å². The third kappa shape index (κ3) is 3.22. The third-order valence-electron chi connectivity index (χ3n) is 1.03. The van der Waals surface area contributed by atoms with Crippen LogP contribution < -0.4 is 0 Å².